The zero-order valence-electron chi connectivity index (χ0n) is 8.43. The molecule has 0 radical (unpaired) electrons. The third-order valence-electron chi connectivity index (χ3n) is 2.45. The van der Waals surface area contributed by atoms with Crippen LogP contribution < -0.4 is 0 Å². The Morgan fingerprint density at radius 3 is 2.23 bits per heavy atom. The molecule has 0 amide bonds. The topological polar surface area (TPSA) is 37.3 Å². The molecule has 0 fully saturated rings. The minimum atomic E-state index is -0.00380. The first-order chi connectivity index (χ1) is 5.95. The predicted octanol–water partition coefficient (Wildman–Crippen LogP) is 2.52. The minimum Gasteiger partial charge on any atom is -0.507 e. The van der Waals surface area contributed by atoms with E-state index in [1.807, 2.05) is 19.9 Å². The number of phenolic OH excluding ortho intramolecular Hbond substituents is 1. The lowest BCUT2D eigenvalue weighted by Gasteiger charge is -2.10. The van der Waals surface area contributed by atoms with Gasteiger partial charge in [-0.15, -0.1) is 0 Å². The molecule has 1 aromatic rings. The fourth-order valence-corrected chi connectivity index (χ4v) is 1.39. The number of hydrogen-bond donors (Lipinski definition) is 1. The molecule has 2 nitrogen and oxygen atoms in total. The van der Waals surface area contributed by atoms with Gasteiger partial charge in [0.1, 0.15) is 5.75 Å². The molecule has 0 aliphatic heterocycles. The molecule has 0 atom stereocenters. The van der Waals surface area contributed by atoms with Gasteiger partial charge in [0.15, 0.2) is 5.78 Å². The Bertz CT molecular complexity index is 365. The van der Waals surface area contributed by atoms with E-state index in [4.69, 9.17) is 0 Å². The lowest BCUT2D eigenvalue weighted by Crippen LogP contribution is -1.99. The van der Waals surface area contributed by atoms with Crippen molar-refractivity contribution in [2.45, 2.75) is 27.7 Å². The highest BCUT2D eigenvalue weighted by molar-refractivity contribution is 5.96. The molecule has 0 aromatic heterocycles. The zero-order chi connectivity index (χ0) is 10.2. The Morgan fingerprint density at radius 2 is 1.77 bits per heavy atom. The first-order valence-electron chi connectivity index (χ1n) is 4.26. The Morgan fingerprint density at radius 1 is 1.23 bits per heavy atom. The SMILES string of the molecule is CC(=O)c1cc(C)c(C)c(O)c1C. The summed E-state index contributed by atoms with van der Waals surface area (Å²) in [5.41, 5.74) is 3.09. The van der Waals surface area contributed by atoms with Crippen LogP contribution in [0.15, 0.2) is 6.07 Å². The van der Waals surface area contributed by atoms with E-state index in [1.165, 1.54) is 6.92 Å². The van der Waals surface area contributed by atoms with Gasteiger partial charge < -0.3 is 5.11 Å². The molecule has 2 heteroatoms. The highest BCUT2D eigenvalue weighted by Gasteiger charge is 2.11. The number of aromatic hydroxyl groups is 1. The summed E-state index contributed by atoms with van der Waals surface area (Å²) in [4.78, 5) is 11.2. The van der Waals surface area contributed by atoms with E-state index in [1.54, 1.807) is 6.92 Å². The van der Waals surface area contributed by atoms with Gasteiger partial charge in [0.25, 0.3) is 0 Å². The molecule has 0 heterocycles. The molecule has 0 spiro atoms. The fraction of sp³-hybridized carbons (Fsp3) is 0.364. The zero-order valence-corrected chi connectivity index (χ0v) is 8.43. The minimum absolute atomic E-state index is 0.00380. The van der Waals surface area contributed by atoms with E-state index in [9.17, 15) is 9.90 Å². The molecule has 0 saturated heterocycles. The van der Waals surface area contributed by atoms with Crippen molar-refractivity contribution in [1.82, 2.24) is 0 Å². The van der Waals surface area contributed by atoms with Crippen LogP contribution in [0.5, 0.6) is 5.75 Å². The second kappa shape index (κ2) is 3.21. The maximum Gasteiger partial charge on any atom is 0.160 e. The molecule has 0 unspecified atom stereocenters. The van der Waals surface area contributed by atoms with Gasteiger partial charge in [0, 0.05) is 11.1 Å². The summed E-state index contributed by atoms with van der Waals surface area (Å²) in [6.45, 7) is 7.01. The first-order valence-corrected chi connectivity index (χ1v) is 4.26. The van der Waals surface area contributed by atoms with Crippen molar-refractivity contribution in [3.63, 3.8) is 0 Å². The Labute approximate surface area is 78.2 Å². The monoisotopic (exact) mass is 178 g/mol. The van der Waals surface area contributed by atoms with Gasteiger partial charge in [-0.3, -0.25) is 4.79 Å². The van der Waals surface area contributed by atoms with Crippen LogP contribution in [0.3, 0.4) is 0 Å². The van der Waals surface area contributed by atoms with Crippen molar-refractivity contribution < 1.29 is 9.90 Å². The molecule has 0 aliphatic rings. The van der Waals surface area contributed by atoms with E-state index in [-0.39, 0.29) is 11.5 Å². The van der Waals surface area contributed by atoms with Gasteiger partial charge in [-0.25, -0.2) is 0 Å². The van der Waals surface area contributed by atoms with Gasteiger partial charge in [-0.05, 0) is 44.9 Å². The quantitative estimate of drug-likeness (QED) is 0.671. The van der Waals surface area contributed by atoms with Gasteiger partial charge in [0.2, 0.25) is 0 Å². The molecule has 1 aromatic carbocycles. The lowest BCUT2D eigenvalue weighted by molar-refractivity contribution is 0.101. The van der Waals surface area contributed by atoms with E-state index in [0.717, 1.165) is 11.1 Å². The summed E-state index contributed by atoms with van der Waals surface area (Å²) in [5, 5.41) is 9.66. The van der Waals surface area contributed by atoms with Crippen molar-refractivity contribution in [2.24, 2.45) is 0 Å². The first kappa shape index (κ1) is 9.78. The van der Waals surface area contributed by atoms with Crippen molar-refractivity contribution in [1.29, 1.82) is 0 Å². The van der Waals surface area contributed by atoms with Crippen molar-refractivity contribution in [3.8, 4) is 5.75 Å². The highest BCUT2D eigenvalue weighted by atomic mass is 16.3. The largest absolute Gasteiger partial charge is 0.507 e. The summed E-state index contributed by atoms with van der Waals surface area (Å²) in [5.74, 6) is 0.237. The van der Waals surface area contributed by atoms with E-state index in [2.05, 4.69) is 0 Å². The molecule has 1 N–H and O–H groups in total. The predicted molar refractivity (Wildman–Crippen MR) is 52.3 cm³/mol. The van der Waals surface area contributed by atoms with Crippen LogP contribution in [0.2, 0.25) is 0 Å². The Balaban J connectivity index is 3.50. The molecular weight excluding hydrogens is 164 g/mol. The third-order valence-corrected chi connectivity index (χ3v) is 2.45. The summed E-state index contributed by atoms with van der Waals surface area (Å²) >= 11 is 0. The third kappa shape index (κ3) is 1.57. The molecule has 0 saturated carbocycles. The number of Topliss-reactive ketones (excluding diaryl/α,β-unsaturated/α-hetero) is 1. The average molecular weight is 178 g/mol. The Hall–Kier alpha value is -1.31. The molecule has 13 heavy (non-hydrogen) atoms. The summed E-state index contributed by atoms with van der Waals surface area (Å²) in [6.07, 6.45) is 0. The second-order valence-electron chi connectivity index (χ2n) is 3.40. The standard InChI is InChI=1S/C11H14O2/c1-6-5-10(9(4)12)8(3)11(13)7(6)2/h5,13H,1-4H3. The number of ketones is 1. The van der Waals surface area contributed by atoms with Crippen molar-refractivity contribution in [2.75, 3.05) is 0 Å². The molecule has 1 rings (SSSR count). The molecular formula is C11H14O2. The van der Waals surface area contributed by atoms with Crippen LogP contribution in [0, 0.1) is 20.8 Å². The summed E-state index contributed by atoms with van der Waals surface area (Å²) in [6, 6.07) is 1.83. The van der Waals surface area contributed by atoms with Gasteiger partial charge in [-0.2, -0.15) is 0 Å². The van der Waals surface area contributed by atoms with E-state index in [0.29, 0.717) is 11.1 Å². The lowest BCUT2D eigenvalue weighted by atomic mass is 9.97. The van der Waals surface area contributed by atoms with Crippen molar-refractivity contribution in [3.05, 3.63) is 28.3 Å². The second-order valence-corrected chi connectivity index (χ2v) is 3.40. The van der Waals surface area contributed by atoms with Crippen molar-refractivity contribution >= 4 is 5.78 Å². The summed E-state index contributed by atoms with van der Waals surface area (Å²) < 4.78 is 0. The van der Waals surface area contributed by atoms with Gasteiger partial charge in [-0.1, -0.05) is 0 Å². The average Bonchev–Trinajstić information content (AvgIpc) is 2.07. The fourth-order valence-electron chi connectivity index (χ4n) is 1.39. The van der Waals surface area contributed by atoms with Crippen LogP contribution in [0.1, 0.15) is 34.0 Å². The van der Waals surface area contributed by atoms with Crippen LogP contribution in [-0.2, 0) is 0 Å². The maximum atomic E-state index is 11.2. The number of carbonyl (C=O) groups excluding carboxylic acids is 1. The molecule has 0 aliphatic carbocycles. The number of rotatable bonds is 1. The number of aryl methyl sites for hydroxylation is 1. The normalized spacial score (nSPS) is 10.2. The summed E-state index contributed by atoms with van der Waals surface area (Å²) in [7, 11) is 0. The molecule has 70 valence electrons. The highest BCUT2D eigenvalue weighted by Crippen LogP contribution is 2.27. The number of carbonyl (C=O) groups is 1. The maximum absolute atomic E-state index is 11.2. The van der Waals surface area contributed by atoms with Gasteiger partial charge >= 0.3 is 0 Å². The van der Waals surface area contributed by atoms with Crippen LogP contribution >= 0.6 is 0 Å². The van der Waals surface area contributed by atoms with Crippen LogP contribution in [0.4, 0.5) is 0 Å². The van der Waals surface area contributed by atoms with E-state index < -0.39 is 0 Å². The smallest absolute Gasteiger partial charge is 0.160 e. The number of hydrogen-bond acceptors (Lipinski definition) is 2. The number of phenols is 1. The number of benzene rings is 1. The Kier molecular flexibility index (Phi) is 2.41. The van der Waals surface area contributed by atoms with Crippen LogP contribution in [-0.4, -0.2) is 10.9 Å². The van der Waals surface area contributed by atoms with E-state index >= 15 is 0 Å². The van der Waals surface area contributed by atoms with Gasteiger partial charge in [0.05, 0.1) is 0 Å². The van der Waals surface area contributed by atoms with Crippen LogP contribution in [0.25, 0.3) is 0 Å². The molecule has 0 bridgehead atoms.